The summed E-state index contributed by atoms with van der Waals surface area (Å²) in [5.74, 6) is 0.0300. The van der Waals surface area contributed by atoms with E-state index in [1.54, 1.807) is 0 Å². The molecule has 1 aliphatic carbocycles. The van der Waals surface area contributed by atoms with E-state index in [1.807, 2.05) is 18.9 Å². The summed E-state index contributed by atoms with van der Waals surface area (Å²) in [6.45, 7) is 2.73. The lowest BCUT2D eigenvalue weighted by Crippen LogP contribution is -2.46. The van der Waals surface area contributed by atoms with Gasteiger partial charge < -0.3 is 10.8 Å². The Kier molecular flexibility index (Phi) is 5.22. The van der Waals surface area contributed by atoms with Gasteiger partial charge in [0.25, 0.3) is 0 Å². The third-order valence-electron chi connectivity index (χ3n) is 3.64. The lowest BCUT2D eigenvalue weighted by molar-refractivity contribution is -0.123. The van der Waals surface area contributed by atoms with Gasteiger partial charge in [-0.25, -0.2) is 0 Å². The Morgan fingerprint density at radius 3 is 2.62 bits per heavy atom. The normalized spacial score (nSPS) is 28.0. The number of likely N-dealkylation sites (N-methyl/N-ethyl adjacent to an activating group) is 1. The van der Waals surface area contributed by atoms with Crippen molar-refractivity contribution in [3.05, 3.63) is 0 Å². The van der Waals surface area contributed by atoms with Gasteiger partial charge in [0.1, 0.15) is 0 Å². The van der Waals surface area contributed by atoms with Crippen molar-refractivity contribution in [3.8, 4) is 0 Å². The number of hydrogen-bond donors (Lipinski definition) is 2. The number of nitrogens with two attached hydrogens (primary N) is 1. The van der Waals surface area contributed by atoms with Crippen LogP contribution in [0.2, 0.25) is 0 Å². The van der Waals surface area contributed by atoms with Crippen LogP contribution in [0.25, 0.3) is 0 Å². The summed E-state index contributed by atoms with van der Waals surface area (Å²) in [4.78, 5) is 13.2. The molecule has 0 aromatic carbocycles. The van der Waals surface area contributed by atoms with Crippen molar-refractivity contribution in [3.63, 3.8) is 0 Å². The zero-order valence-electron chi connectivity index (χ0n) is 10.4. The molecule has 4 nitrogen and oxygen atoms in total. The molecule has 0 spiro atoms. The van der Waals surface area contributed by atoms with Gasteiger partial charge in [0.15, 0.2) is 0 Å². The molecule has 0 aliphatic heterocycles. The molecule has 0 heterocycles. The van der Waals surface area contributed by atoms with Gasteiger partial charge >= 0.3 is 0 Å². The fraction of sp³-hybridized carbons (Fsp3) is 0.917. The summed E-state index contributed by atoms with van der Waals surface area (Å²) in [5, 5.41) is 9.87. The fourth-order valence-electron chi connectivity index (χ4n) is 2.63. The third kappa shape index (κ3) is 3.46. The maximum Gasteiger partial charge on any atom is 0.234 e. The van der Waals surface area contributed by atoms with E-state index in [4.69, 9.17) is 5.73 Å². The monoisotopic (exact) mass is 228 g/mol. The minimum absolute atomic E-state index is 0.200. The first-order valence-electron chi connectivity index (χ1n) is 6.23. The highest BCUT2D eigenvalue weighted by atomic mass is 16.3. The molecule has 0 radical (unpaired) electrons. The molecule has 0 aromatic rings. The van der Waals surface area contributed by atoms with E-state index in [2.05, 4.69) is 0 Å². The molecule has 1 rings (SSSR count). The van der Waals surface area contributed by atoms with Gasteiger partial charge in [0.05, 0.1) is 12.1 Å². The number of aliphatic hydroxyl groups excluding tert-OH is 1. The highest BCUT2D eigenvalue weighted by Crippen LogP contribution is 2.25. The molecule has 1 aliphatic rings. The average Bonchev–Trinajstić information content (AvgIpc) is 2.22. The minimum atomic E-state index is -0.268. The number of nitrogens with zero attached hydrogens (tertiary/aromatic N) is 1. The maximum absolute atomic E-state index is 11.2. The molecule has 1 fully saturated rings. The Hall–Kier alpha value is -0.610. The van der Waals surface area contributed by atoms with Crippen molar-refractivity contribution in [2.75, 3.05) is 13.6 Å². The zero-order chi connectivity index (χ0) is 12.1. The molecule has 3 unspecified atom stereocenters. The van der Waals surface area contributed by atoms with Crippen LogP contribution in [0.4, 0.5) is 0 Å². The lowest BCUT2D eigenvalue weighted by atomic mass is 9.86. The standard InChI is InChI=1S/C12H24N2O2/c1-3-10(12(13)16)14(2)8-9-6-4-5-7-11(9)15/h9-11,15H,3-8H2,1-2H3,(H2,13,16). The molecule has 3 atom stereocenters. The highest BCUT2D eigenvalue weighted by molar-refractivity contribution is 5.79. The van der Waals surface area contributed by atoms with Gasteiger partial charge in [-0.2, -0.15) is 0 Å². The molecule has 16 heavy (non-hydrogen) atoms. The molecule has 0 saturated heterocycles. The molecule has 4 heteroatoms. The number of rotatable bonds is 5. The van der Waals surface area contributed by atoms with Crippen LogP contribution in [-0.4, -0.2) is 41.7 Å². The number of aliphatic hydroxyl groups is 1. The second-order valence-corrected chi connectivity index (χ2v) is 4.88. The summed E-state index contributed by atoms with van der Waals surface area (Å²) < 4.78 is 0. The van der Waals surface area contributed by atoms with Crippen molar-refractivity contribution in [1.82, 2.24) is 4.90 Å². The molecular weight excluding hydrogens is 204 g/mol. The summed E-state index contributed by atoms with van der Waals surface area (Å²) in [5.41, 5.74) is 5.34. The van der Waals surface area contributed by atoms with E-state index >= 15 is 0 Å². The van der Waals surface area contributed by atoms with E-state index in [0.29, 0.717) is 5.92 Å². The summed E-state index contributed by atoms with van der Waals surface area (Å²) >= 11 is 0. The van der Waals surface area contributed by atoms with Crippen LogP contribution in [0.3, 0.4) is 0 Å². The molecule has 94 valence electrons. The molecule has 0 bridgehead atoms. The first-order chi connectivity index (χ1) is 7.56. The van der Waals surface area contributed by atoms with Crippen molar-refractivity contribution >= 4 is 5.91 Å². The lowest BCUT2D eigenvalue weighted by Gasteiger charge is -2.33. The average molecular weight is 228 g/mol. The minimum Gasteiger partial charge on any atom is -0.393 e. The fourth-order valence-corrected chi connectivity index (χ4v) is 2.63. The maximum atomic E-state index is 11.2. The number of primary amides is 1. The van der Waals surface area contributed by atoms with Crippen molar-refractivity contribution in [1.29, 1.82) is 0 Å². The second kappa shape index (κ2) is 6.21. The summed E-state index contributed by atoms with van der Waals surface area (Å²) in [7, 11) is 1.92. The molecule has 0 aromatic heterocycles. The molecular formula is C12H24N2O2. The van der Waals surface area contributed by atoms with E-state index < -0.39 is 0 Å². The topological polar surface area (TPSA) is 66.6 Å². The number of carbonyl (C=O) groups is 1. The van der Waals surface area contributed by atoms with Crippen LogP contribution >= 0.6 is 0 Å². The van der Waals surface area contributed by atoms with Gasteiger partial charge in [-0.3, -0.25) is 9.69 Å². The predicted molar refractivity (Wildman–Crippen MR) is 63.9 cm³/mol. The van der Waals surface area contributed by atoms with E-state index in [-0.39, 0.29) is 18.1 Å². The Morgan fingerprint density at radius 1 is 1.50 bits per heavy atom. The first-order valence-corrected chi connectivity index (χ1v) is 6.23. The summed E-state index contributed by atoms with van der Waals surface area (Å²) in [6.07, 6.45) is 4.78. The SMILES string of the molecule is CCC(C(N)=O)N(C)CC1CCCCC1O. The Morgan fingerprint density at radius 2 is 2.12 bits per heavy atom. The van der Waals surface area contributed by atoms with Crippen molar-refractivity contribution < 1.29 is 9.90 Å². The zero-order valence-corrected chi connectivity index (χ0v) is 10.4. The van der Waals surface area contributed by atoms with Crippen molar-refractivity contribution in [2.24, 2.45) is 11.7 Å². The second-order valence-electron chi connectivity index (χ2n) is 4.88. The smallest absolute Gasteiger partial charge is 0.234 e. The Balaban J connectivity index is 2.48. The first kappa shape index (κ1) is 13.5. The molecule has 1 amide bonds. The van der Waals surface area contributed by atoms with Crippen LogP contribution in [0.5, 0.6) is 0 Å². The predicted octanol–water partition coefficient (Wildman–Crippen LogP) is 0.733. The van der Waals surface area contributed by atoms with Crippen LogP contribution < -0.4 is 5.73 Å². The van der Waals surface area contributed by atoms with Crippen LogP contribution in [0.15, 0.2) is 0 Å². The van der Waals surface area contributed by atoms with Crippen LogP contribution in [0, 0.1) is 5.92 Å². The summed E-state index contributed by atoms with van der Waals surface area (Å²) in [6, 6.07) is -0.200. The van der Waals surface area contributed by atoms with Gasteiger partial charge in [0, 0.05) is 6.54 Å². The largest absolute Gasteiger partial charge is 0.393 e. The number of amides is 1. The van der Waals surface area contributed by atoms with E-state index in [1.165, 1.54) is 6.42 Å². The highest BCUT2D eigenvalue weighted by Gasteiger charge is 2.27. The van der Waals surface area contributed by atoms with Gasteiger partial charge in [-0.05, 0) is 32.2 Å². The Bertz CT molecular complexity index is 233. The van der Waals surface area contributed by atoms with Crippen LogP contribution in [-0.2, 0) is 4.79 Å². The molecule has 3 N–H and O–H groups in total. The quantitative estimate of drug-likeness (QED) is 0.729. The van der Waals surface area contributed by atoms with E-state index in [0.717, 1.165) is 32.2 Å². The van der Waals surface area contributed by atoms with Crippen LogP contribution in [0.1, 0.15) is 39.0 Å². The van der Waals surface area contributed by atoms with E-state index in [9.17, 15) is 9.90 Å². The number of carbonyl (C=O) groups excluding carboxylic acids is 1. The van der Waals surface area contributed by atoms with Gasteiger partial charge in [-0.15, -0.1) is 0 Å². The van der Waals surface area contributed by atoms with Crippen molar-refractivity contribution in [2.45, 2.75) is 51.2 Å². The van der Waals surface area contributed by atoms with Gasteiger partial charge in [-0.1, -0.05) is 19.8 Å². The Labute approximate surface area is 97.8 Å². The molecule has 1 saturated carbocycles. The third-order valence-corrected chi connectivity index (χ3v) is 3.64. The van der Waals surface area contributed by atoms with Gasteiger partial charge in [0.2, 0.25) is 5.91 Å². The number of hydrogen-bond acceptors (Lipinski definition) is 3.